The molecular formula is C10H13F2NO. The molecule has 4 heteroatoms. The molecule has 78 valence electrons. The van der Waals surface area contributed by atoms with E-state index in [1.165, 1.54) is 6.07 Å². The van der Waals surface area contributed by atoms with Crippen LogP contribution in [0.2, 0.25) is 0 Å². The first-order chi connectivity index (χ1) is 6.47. The zero-order chi connectivity index (χ0) is 10.8. The summed E-state index contributed by atoms with van der Waals surface area (Å²) in [6, 6.07) is 5.13. The average molecular weight is 201 g/mol. The molecule has 1 aromatic carbocycles. The second-order valence-electron chi connectivity index (χ2n) is 3.31. The minimum atomic E-state index is -3.27. The number of halogens is 2. The third-order valence-corrected chi connectivity index (χ3v) is 2.07. The van der Waals surface area contributed by atoms with Gasteiger partial charge in [0.25, 0.3) is 5.92 Å². The van der Waals surface area contributed by atoms with Crippen molar-refractivity contribution in [3.63, 3.8) is 0 Å². The smallest absolute Gasteiger partial charge is 0.289 e. The molecule has 2 nitrogen and oxygen atoms in total. The Kier molecular flexibility index (Phi) is 3.18. The van der Waals surface area contributed by atoms with Gasteiger partial charge < -0.3 is 10.8 Å². The molecule has 0 aliphatic heterocycles. The van der Waals surface area contributed by atoms with Crippen molar-refractivity contribution in [1.29, 1.82) is 0 Å². The third-order valence-electron chi connectivity index (χ3n) is 2.07. The average Bonchev–Trinajstić information content (AvgIpc) is 2.16. The number of hydrogen-bond donors (Lipinski definition) is 2. The Balaban J connectivity index is 2.94. The lowest BCUT2D eigenvalue weighted by molar-refractivity contribution is -0.0711. The Bertz CT molecular complexity index is 315. The number of nitrogens with two attached hydrogens (primary N) is 1. The van der Waals surface area contributed by atoms with Crippen LogP contribution >= 0.6 is 0 Å². The number of rotatable bonds is 3. The van der Waals surface area contributed by atoms with Gasteiger partial charge in [-0.05, 0) is 12.5 Å². The number of aliphatic hydroxyl groups excluding tert-OH is 1. The first-order valence-corrected chi connectivity index (χ1v) is 4.28. The van der Waals surface area contributed by atoms with Crippen molar-refractivity contribution in [2.75, 3.05) is 6.61 Å². The van der Waals surface area contributed by atoms with Gasteiger partial charge in [0.15, 0.2) is 0 Å². The van der Waals surface area contributed by atoms with Gasteiger partial charge in [-0.25, -0.2) is 8.78 Å². The van der Waals surface area contributed by atoms with Gasteiger partial charge in [-0.2, -0.15) is 0 Å². The van der Waals surface area contributed by atoms with E-state index < -0.39 is 18.6 Å². The highest BCUT2D eigenvalue weighted by Gasteiger charge is 2.37. The molecule has 0 aromatic heterocycles. The standard InChI is InChI=1S/C10H13F2NO/c1-7-3-2-4-8(5-7)9(13)10(11,12)6-14/h2-5,9,14H,6,13H2,1H3. The summed E-state index contributed by atoms with van der Waals surface area (Å²) in [5.74, 6) is -3.27. The highest BCUT2D eigenvalue weighted by molar-refractivity contribution is 5.26. The van der Waals surface area contributed by atoms with Crippen LogP contribution in [-0.2, 0) is 0 Å². The predicted molar refractivity (Wildman–Crippen MR) is 50.1 cm³/mol. The van der Waals surface area contributed by atoms with Gasteiger partial charge in [0, 0.05) is 0 Å². The molecule has 1 unspecified atom stereocenters. The van der Waals surface area contributed by atoms with Crippen LogP contribution in [0.1, 0.15) is 17.2 Å². The Hall–Kier alpha value is -1.00. The molecule has 0 bridgehead atoms. The lowest BCUT2D eigenvalue weighted by atomic mass is 10.0. The largest absolute Gasteiger partial charge is 0.390 e. The molecule has 0 aliphatic carbocycles. The van der Waals surface area contributed by atoms with E-state index in [1.807, 2.05) is 0 Å². The molecule has 3 N–H and O–H groups in total. The summed E-state index contributed by atoms with van der Waals surface area (Å²) in [6.45, 7) is 0.565. The van der Waals surface area contributed by atoms with Crippen LogP contribution in [0.4, 0.5) is 8.78 Å². The molecule has 0 radical (unpaired) electrons. The maximum atomic E-state index is 13.0. The first-order valence-electron chi connectivity index (χ1n) is 4.28. The molecule has 0 fully saturated rings. The topological polar surface area (TPSA) is 46.2 Å². The number of benzene rings is 1. The molecular weight excluding hydrogens is 188 g/mol. The van der Waals surface area contributed by atoms with Crippen LogP contribution in [0.3, 0.4) is 0 Å². The van der Waals surface area contributed by atoms with Crippen molar-refractivity contribution in [3.8, 4) is 0 Å². The quantitative estimate of drug-likeness (QED) is 0.780. The molecule has 0 saturated heterocycles. The van der Waals surface area contributed by atoms with Gasteiger partial charge in [-0.3, -0.25) is 0 Å². The molecule has 1 atom stereocenters. The van der Waals surface area contributed by atoms with Gasteiger partial charge in [0.05, 0.1) is 6.04 Å². The normalized spacial score (nSPS) is 14.1. The fourth-order valence-corrected chi connectivity index (χ4v) is 1.21. The third kappa shape index (κ3) is 2.27. The van der Waals surface area contributed by atoms with Crippen LogP contribution in [0, 0.1) is 6.92 Å². The maximum Gasteiger partial charge on any atom is 0.289 e. The number of hydrogen-bond acceptors (Lipinski definition) is 2. The number of aryl methyl sites for hydroxylation is 1. The van der Waals surface area contributed by atoms with Crippen molar-refractivity contribution >= 4 is 0 Å². The van der Waals surface area contributed by atoms with E-state index in [-0.39, 0.29) is 0 Å². The number of alkyl halides is 2. The Labute approximate surface area is 81.4 Å². The van der Waals surface area contributed by atoms with E-state index >= 15 is 0 Å². The van der Waals surface area contributed by atoms with E-state index in [0.717, 1.165) is 5.56 Å². The van der Waals surface area contributed by atoms with Gasteiger partial charge in [-0.15, -0.1) is 0 Å². The lowest BCUT2D eigenvalue weighted by Gasteiger charge is -2.21. The lowest BCUT2D eigenvalue weighted by Crippen LogP contribution is -2.36. The highest BCUT2D eigenvalue weighted by Crippen LogP contribution is 2.28. The Morgan fingerprint density at radius 2 is 2.14 bits per heavy atom. The van der Waals surface area contributed by atoms with Crippen LogP contribution < -0.4 is 5.73 Å². The van der Waals surface area contributed by atoms with Crippen LogP contribution in [-0.4, -0.2) is 17.6 Å². The highest BCUT2D eigenvalue weighted by atomic mass is 19.3. The summed E-state index contributed by atoms with van der Waals surface area (Å²) in [4.78, 5) is 0. The zero-order valence-electron chi connectivity index (χ0n) is 7.87. The van der Waals surface area contributed by atoms with Crippen molar-refractivity contribution < 1.29 is 13.9 Å². The van der Waals surface area contributed by atoms with Crippen LogP contribution in [0.25, 0.3) is 0 Å². The summed E-state index contributed by atoms with van der Waals surface area (Å²) in [5.41, 5.74) is 6.55. The minimum absolute atomic E-state index is 0.337. The maximum absolute atomic E-state index is 13.0. The van der Waals surface area contributed by atoms with Gasteiger partial charge in [0.1, 0.15) is 6.61 Å². The fraction of sp³-hybridized carbons (Fsp3) is 0.400. The van der Waals surface area contributed by atoms with Gasteiger partial charge in [0.2, 0.25) is 0 Å². The summed E-state index contributed by atoms with van der Waals surface area (Å²) >= 11 is 0. The van der Waals surface area contributed by atoms with E-state index in [1.54, 1.807) is 25.1 Å². The molecule has 0 heterocycles. The summed E-state index contributed by atoms with van der Waals surface area (Å²) in [7, 11) is 0. The van der Waals surface area contributed by atoms with Crippen LogP contribution in [0.15, 0.2) is 24.3 Å². The van der Waals surface area contributed by atoms with E-state index in [4.69, 9.17) is 10.8 Å². The fourth-order valence-electron chi connectivity index (χ4n) is 1.21. The van der Waals surface area contributed by atoms with Gasteiger partial charge >= 0.3 is 0 Å². The monoisotopic (exact) mass is 201 g/mol. The zero-order valence-corrected chi connectivity index (χ0v) is 7.87. The van der Waals surface area contributed by atoms with Crippen molar-refractivity contribution in [3.05, 3.63) is 35.4 Å². The summed E-state index contributed by atoms with van der Waals surface area (Å²) in [6.07, 6.45) is 0. The molecule has 0 spiro atoms. The SMILES string of the molecule is Cc1cccc(C(N)C(F)(F)CO)c1. The van der Waals surface area contributed by atoms with Gasteiger partial charge in [-0.1, -0.05) is 29.8 Å². The van der Waals surface area contributed by atoms with Crippen molar-refractivity contribution in [2.45, 2.75) is 18.9 Å². The number of aliphatic hydroxyl groups is 1. The Morgan fingerprint density at radius 3 is 2.64 bits per heavy atom. The van der Waals surface area contributed by atoms with Crippen LogP contribution in [0.5, 0.6) is 0 Å². The molecule has 1 rings (SSSR count). The van der Waals surface area contributed by atoms with Crippen molar-refractivity contribution in [2.24, 2.45) is 5.73 Å². The second kappa shape index (κ2) is 4.02. The van der Waals surface area contributed by atoms with E-state index in [2.05, 4.69) is 0 Å². The molecule has 0 amide bonds. The van der Waals surface area contributed by atoms with Crippen molar-refractivity contribution in [1.82, 2.24) is 0 Å². The predicted octanol–water partition coefficient (Wildman–Crippen LogP) is 1.62. The molecule has 0 saturated carbocycles. The second-order valence-corrected chi connectivity index (χ2v) is 3.31. The molecule has 14 heavy (non-hydrogen) atoms. The van der Waals surface area contributed by atoms with E-state index in [0.29, 0.717) is 5.56 Å². The summed E-state index contributed by atoms with van der Waals surface area (Å²) in [5, 5.41) is 8.47. The molecule has 1 aromatic rings. The summed E-state index contributed by atoms with van der Waals surface area (Å²) < 4.78 is 26.0. The minimum Gasteiger partial charge on any atom is -0.390 e. The molecule has 0 aliphatic rings. The first kappa shape index (κ1) is 11.1. The Morgan fingerprint density at radius 1 is 1.50 bits per heavy atom. The van der Waals surface area contributed by atoms with E-state index in [9.17, 15) is 8.78 Å².